The summed E-state index contributed by atoms with van der Waals surface area (Å²) < 4.78 is 1.42. The fraction of sp³-hybridized carbons (Fsp3) is 0.500. The lowest BCUT2D eigenvalue weighted by Gasteiger charge is -2.27. The summed E-state index contributed by atoms with van der Waals surface area (Å²) in [6.07, 6.45) is 2.38. The van der Waals surface area contributed by atoms with E-state index in [0.717, 1.165) is 29.2 Å². The molecule has 0 saturated carbocycles. The summed E-state index contributed by atoms with van der Waals surface area (Å²) in [4.78, 5) is 32.6. The molecule has 112 valence electrons. The zero-order valence-electron chi connectivity index (χ0n) is 12.0. The molecule has 0 spiro atoms. The number of fused-ring (bicyclic) bond motifs is 1. The van der Waals surface area contributed by atoms with Crippen molar-refractivity contribution in [3.8, 4) is 0 Å². The van der Waals surface area contributed by atoms with E-state index in [-0.39, 0.29) is 18.0 Å². The molecule has 21 heavy (non-hydrogen) atoms. The van der Waals surface area contributed by atoms with Crippen molar-refractivity contribution in [1.82, 2.24) is 19.8 Å². The molecule has 1 N–H and O–H groups in total. The number of carbonyl (C=O) groups excluding carboxylic acids is 1. The number of rotatable bonds is 3. The Hall–Kier alpha value is -1.73. The van der Waals surface area contributed by atoms with Gasteiger partial charge in [0.15, 0.2) is 0 Å². The fourth-order valence-corrected chi connectivity index (χ4v) is 3.38. The normalized spacial score (nSPS) is 15.6. The van der Waals surface area contributed by atoms with Gasteiger partial charge in [-0.25, -0.2) is 4.98 Å². The Labute approximate surface area is 126 Å². The van der Waals surface area contributed by atoms with Crippen molar-refractivity contribution in [1.29, 1.82) is 0 Å². The average molecular weight is 306 g/mol. The third-order valence-corrected chi connectivity index (χ3v) is 4.88. The lowest BCUT2D eigenvalue weighted by Crippen LogP contribution is -2.48. The molecule has 7 heteroatoms. The van der Waals surface area contributed by atoms with E-state index in [1.165, 1.54) is 22.2 Å². The molecule has 0 radical (unpaired) electrons. The molecule has 1 fully saturated rings. The summed E-state index contributed by atoms with van der Waals surface area (Å²) in [6.45, 7) is 5.13. The van der Waals surface area contributed by atoms with Crippen molar-refractivity contribution < 1.29 is 4.79 Å². The molecule has 1 aliphatic heterocycles. The Kier molecular flexibility index (Phi) is 4.03. The summed E-state index contributed by atoms with van der Waals surface area (Å²) in [5.41, 5.74) is -0.126. The van der Waals surface area contributed by atoms with Crippen molar-refractivity contribution in [3.63, 3.8) is 0 Å². The third-order valence-electron chi connectivity index (χ3n) is 3.69. The van der Waals surface area contributed by atoms with Crippen LogP contribution >= 0.6 is 11.3 Å². The van der Waals surface area contributed by atoms with Gasteiger partial charge in [0.1, 0.15) is 11.4 Å². The van der Waals surface area contributed by atoms with Crippen molar-refractivity contribution in [2.45, 2.75) is 19.9 Å². The first-order chi connectivity index (χ1) is 10.2. The molecule has 2 aromatic heterocycles. The van der Waals surface area contributed by atoms with E-state index in [1.807, 2.05) is 6.07 Å². The van der Waals surface area contributed by atoms with E-state index >= 15 is 0 Å². The number of thiophene rings is 1. The molecule has 0 unspecified atom stereocenters. The monoisotopic (exact) mass is 306 g/mol. The third kappa shape index (κ3) is 2.84. The van der Waals surface area contributed by atoms with Crippen LogP contribution in [-0.4, -0.2) is 46.5 Å². The zero-order chi connectivity index (χ0) is 14.8. The number of hydrogen-bond donors (Lipinski definition) is 1. The predicted molar refractivity (Wildman–Crippen MR) is 82.7 cm³/mol. The molecular weight excluding hydrogens is 288 g/mol. The first kappa shape index (κ1) is 14.2. The van der Waals surface area contributed by atoms with Gasteiger partial charge in [-0.3, -0.25) is 14.2 Å². The Morgan fingerprint density at radius 2 is 2.19 bits per heavy atom. The minimum absolute atomic E-state index is 0.0225. The highest BCUT2D eigenvalue weighted by atomic mass is 32.1. The summed E-state index contributed by atoms with van der Waals surface area (Å²) in [5.74, 6) is -0.0225. The highest BCUT2D eigenvalue weighted by molar-refractivity contribution is 7.18. The summed E-state index contributed by atoms with van der Waals surface area (Å²) in [6, 6.07) is 1.89. The smallest absolute Gasteiger partial charge is 0.262 e. The minimum atomic E-state index is -0.126. The van der Waals surface area contributed by atoms with E-state index in [9.17, 15) is 9.59 Å². The van der Waals surface area contributed by atoms with Gasteiger partial charge in [-0.1, -0.05) is 6.92 Å². The van der Waals surface area contributed by atoms with Crippen LogP contribution in [0.2, 0.25) is 0 Å². The van der Waals surface area contributed by atoms with Gasteiger partial charge >= 0.3 is 0 Å². The summed E-state index contributed by atoms with van der Waals surface area (Å²) >= 11 is 1.54. The molecule has 0 aromatic carbocycles. The van der Waals surface area contributed by atoms with Gasteiger partial charge in [-0.2, -0.15) is 0 Å². The van der Waals surface area contributed by atoms with Crippen LogP contribution in [0.25, 0.3) is 10.2 Å². The zero-order valence-corrected chi connectivity index (χ0v) is 12.8. The van der Waals surface area contributed by atoms with E-state index in [4.69, 9.17) is 0 Å². The van der Waals surface area contributed by atoms with Gasteiger partial charge in [-0.05, 0) is 12.5 Å². The van der Waals surface area contributed by atoms with Crippen LogP contribution < -0.4 is 10.9 Å². The Morgan fingerprint density at radius 3 is 2.90 bits per heavy atom. The molecular formula is C14H18N4O2S. The summed E-state index contributed by atoms with van der Waals surface area (Å²) in [5, 5.41) is 3.82. The van der Waals surface area contributed by atoms with E-state index in [2.05, 4.69) is 17.2 Å². The van der Waals surface area contributed by atoms with Gasteiger partial charge in [0.05, 0.1) is 11.7 Å². The second-order valence-corrected chi connectivity index (χ2v) is 6.21. The molecule has 0 bridgehead atoms. The van der Waals surface area contributed by atoms with Crippen LogP contribution in [-0.2, 0) is 17.8 Å². The van der Waals surface area contributed by atoms with Gasteiger partial charge in [0.2, 0.25) is 5.91 Å². The quantitative estimate of drug-likeness (QED) is 0.894. The number of nitrogens with one attached hydrogen (secondary N) is 1. The lowest BCUT2D eigenvalue weighted by molar-refractivity contribution is -0.132. The highest BCUT2D eigenvalue weighted by Crippen LogP contribution is 2.20. The number of aryl methyl sites for hydroxylation is 1. The number of nitrogens with zero attached hydrogens (tertiary/aromatic N) is 3. The van der Waals surface area contributed by atoms with Crippen molar-refractivity contribution in [3.05, 3.63) is 27.6 Å². The van der Waals surface area contributed by atoms with E-state index < -0.39 is 0 Å². The van der Waals surface area contributed by atoms with Crippen LogP contribution in [0.3, 0.4) is 0 Å². The summed E-state index contributed by atoms with van der Waals surface area (Å²) in [7, 11) is 0. The maximum absolute atomic E-state index is 12.4. The highest BCUT2D eigenvalue weighted by Gasteiger charge is 2.17. The predicted octanol–water partition coefficient (Wildman–Crippen LogP) is 0.452. The Balaban J connectivity index is 1.85. The molecule has 1 amide bonds. The van der Waals surface area contributed by atoms with Crippen LogP contribution in [0.5, 0.6) is 0 Å². The molecule has 0 aliphatic carbocycles. The second kappa shape index (κ2) is 5.95. The molecule has 0 atom stereocenters. The maximum Gasteiger partial charge on any atom is 0.262 e. The number of amides is 1. The van der Waals surface area contributed by atoms with Crippen LogP contribution in [0.1, 0.15) is 11.8 Å². The van der Waals surface area contributed by atoms with Crippen LogP contribution in [0.15, 0.2) is 17.2 Å². The van der Waals surface area contributed by atoms with Crippen LogP contribution in [0.4, 0.5) is 0 Å². The van der Waals surface area contributed by atoms with Gasteiger partial charge in [0.25, 0.3) is 5.56 Å². The fourth-order valence-electron chi connectivity index (χ4n) is 2.46. The number of piperazine rings is 1. The van der Waals surface area contributed by atoms with E-state index in [1.54, 1.807) is 4.90 Å². The molecule has 3 heterocycles. The van der Waals surface area contributed by atoms with E-state index in [0.29, 0.717) is 18.5 Å². The van der Waals surface area contributed by atoms with Crippen molar-refractivity contribution in [2.75, 3.05) is 26.2 Å². The topological polar surface area (TPSA) is 67.2 Å². The standard InChI is InChI=1S/C14H18N4O2S/c1-2-10-7-11-13(21-10)16-9-18(14(11)20)8-12(19)17-5-3-15-4-6-17/h7,9,15H,2-6,8H2,1H3. The van der Waals surface area contributed by atoms with Gasteiger partial charge in [-0.15, -0.1) is 11.3 Å². The molecule has 1 aliphatic rings. The second-order valence-electron chi connectivity index (χ2n) is 5.09. The van der Waals surface area contributed by atoms with Crippen molar-refractivity contribution in [2.24, 2.45) is 0 Å². The minimum Gasteiger partial charge on any atom is -0.339 e. The van der Waals surface area contributed by atoms with Gasteiger partial charge in [0, 0.05) is 31.1 Å². The lowest BCUT2D eigenvalue weighted by atomic mass is 10.3. The molecule has 1 saturated heterocycles. The molecule has 6 nitrogen and oxygen atoms in total. The SMILES string of the molecule is CCc1cc2c(=O)n(CC(=O)N3CCNCC3)cnc2s1. The maximum atomic E-state index is 12.4. The first-order valence-electron chi connectivity index (χ1n) is 7.15. The van der Waals surface area contributed by atoms with Crippen LogP contribution in [0, 0.1) is 0 Å². The first-order valence-corrected chi connectivity index (χ1v) is 7.97. The largest absolute Gasteiger partial charge is 0.339 e. The number of hydrogen-bond acceptors (Lipinski definition) is 5. The molecule has 2 aromatic rings. The number of carbonyl (C=O) groups is 1. The number of aromatic nitrogens is 2. The Bertz CT molecular complexity index is 715. The van der Waals surface area contributed by atoms with Crippen molar-refractivity contribution >= 4 is 27.5 Å². The van der Waals surface area contributed by atoms with Gasteiger partial charge < -0.3 is 10.2 Å². The molecule has 3 rings (SSSR count). The average Bonchev–Trinajstić information content (AvgIpc) is 2.95. The Morgan fingerprint density at radius 1 is 1.43 bits per heavy atom.